The zero-order valence-electron chi connectivity index (χ0n) is 15.7. The summed E-state index contributed by atoms with van der Waals surface area (Å²) in [7, 11) is 0. The molecule has 0 bridgehead atoms. The van der Waals surface area contributed by atoms with Crippen LogP contribution in [0.25, 0.3) is 0 Å². The highest BCUT2D eigenvalue weighted by molar-refractivity contribution is 5.93. The van der Waals surface area contributed by atoms with Gasteiger partial charge in [-0.05, 0) is 56.5 Å². The molecule has 1 atom stereocenters. The molecule has 1 aromatic carbocycles. The molecule has 3 rings (SSSR count). The van der Waals surface area contributed by atoms with Crippen LogP contribution in [0.4, 0.5) is 5.69 Å². The molecule has 1 saturated heterocycles. The summed E-state index contributed by atoms with van der Waals surface area (Å²) in [4.78, 5) is 19.0. The van der Waals surface area contributed by atoms with Gasteiger partial charge in [0.1, 0.15) is 0 Å². The zero-order chi connectivity index (χ0) is 18.4. The third-order valence-electron chi connectivity index (χ3n) is 5.53. The summed E-state index contributed by atoms with van der Waals surface area (Å²) in [5, 5.41) is 6.26. The van der Waals surface area contributed by atoms with Crippen molar-refractivity contribution in [1.82, 2.24) is 10.2 Å². The van der Waals surface area contributed by atoms with E-state index in [0.717, 1.165) is 43.6 Å². The number of anilines is 1. The van der Waals surface area contributed by atoms with Crippen LogP contribution in [0, 0.1) is 5.92 Å². The number of nitrogens with one attached hydrogen (secondary N) is 2. The Balaban J connectivity index is 1.47. The van der Waals surface area contributed by atoms with Gasteiger partial charge in [-0.1, -0.05) is 25.5 Å². The average Bonchev–Trinajstić information content (AvgIpc) is 3.04. The predicted octanol–water partition coefficient (Wildman–Crippen LogP) is 2.31. The van der Waals surface area contributed by atoms with Gasteiger partial charge < -0.3 is 16.4 Å². The number of nitrogens with zero attached hydrogens (tertiary/aromatic N) is 2. The molecule has 2 aliphatic rings. The summed E-state index contributed by atoms with van der Waals surface area (Å²) >= 11 is 0. The Morgan fingerprint density at radius 1 is 1.31 bits per heavy atom. The van der Waals surface area contributed by atoms with Crippen molar-refractivity contribution in [2.45, 2.75) is 51.6 Å². The van der Waals surface area contributed by atoms with Gasteiger partial charge in [0, 0.05) is 24.2 Å². The molecule has 0 aromatic heterocycles. The van der Waals surface area contributed by atoms with Crippen LogP contribution in [0.15, 0.2) is 29.3 Å². The number of benzene rings is 1. The maximum absolute atomic E-state index is 12.1. The Bertz CT molecular complexity index is 641. The van der Waals surface area contributed by atoms with E-state index in [1.165, 1.54) is 19.4 Å². The van der Waals surface area contributed by atoms with Gasteiger partial charge in [-0.15, -0.1) is 0 Å². The fourth-order valence-corrected chi connectivity index (χ4v) is 3.66. The number of hydrogen-bond acceptors (Lipinski definition) is 3. The Hall–Kier alpha value is -2.08. The first-order valence-electron chi connectivity index (χ1n) is 9.83. The van der Waals surface area contributed by atoms with Crippen molar-refractivity contribution >= 4 is 17.6 Å². The molecule has 1 aromatic rings. The molecule has 4 N–H and O–H groups in total. The van der Waals surface area contributed by atoms with Crippen LogP contribution < -0.4 is 16.4 Å². The van der Waals surface area contributed by atoms with Gasteiger partial charge in [0.05, 0.1) is 6.54 Å². The number of amides is 1. The molecule has 1 aliphatic heterocycles. The molecule has 2 fully saturated rings. The number of likely N-dealkylation sites (tertiary alicyclic amines) is 1. The zero-order valence-corrected chi connectivity index (χ0v) is 15.7. The van der Waals surface area contributed by atoms with E-state index in [1.807, 2.05) is 24.3 Å². The van der Waals surface area contributed by atoms with E-state index in [-0.39, 0.29) is 11.8 Å². The lowest BCUT2D eigenvalue weighted by Crippen LogP contribution is -2.42. The SMILES string of the molecule is CCN1CCCC1CNC(N)=NCc1cccc(NC(=O)C2CCC2)c1. The molecule has 1 saturated carbocycles. The number of aliphatic imine (C=N–C) groups is 1. The van der Waals surface area contributed by atoms with Crippen LogP contribution in [-0.2, 0) is 11.3 Å². The van der Waals surface area contributed by atoms with Crippen molar-refractivity contribution in [1.29, 1.82) is 0 Å². The van der Waals surface area contributed by atoms with E-state index >= 15 is 0 Å². The molecule has 1 amide bonds. The first-order valence-corrected chi connectivity index (χ1v) is 9.83. The number of hydrogen-bond donors (Lipinski definition) is 3. The Labute approximate surface area is 156 Å². The van der Waals surface area contributed by atoms with Crippen molar-refractivity contribution in [2.24, 2.45) is 16.6 Å². The van der Waals surface area contributed by atoms with Gasteiger partial charge in [0.15, 0.2) is 5.96 Å². The summed E-state index contributed by atoms with van der Waals surface area (Å²) in [6.07, 6.45) is 5.66. The molecule has 142 valence electrons. The third kappa shape index (κ3) is 4.97. The maximum atomic E-state index is 12.1. The lowest BCUT2D eigenvalue weighted by atomic mass is 9.85. The van der Waals surface area contributed by atoms with Gasteiger partial charge in [0.25, 0.3) is 0 Å². The summed E-state index contributed by atoms with van der Waals surface area (Å²) in [6, 6.07) is 8.40. The average molecular weight is 358 g/mol. The minimum absolute atomic E-state index is 0.134. The lowest BCUT2D eigenvalue weighted by molar-refractivity contribution is -0.122. The second-order valence-corrected chi connectivity index (χ2v) is 7.32. The Morgan fingerprint density at radius 2 is 2.15 bits per heavy atom. The molecule has 1 heterocycles. The summed E-state index contributed by atoms with van der Waals surface area (Å²) in [5.74, 6) is 0.807. The molecule has 1 aliphatic carbocycles. The van der Waals surface area contributed by atoms with E-state index < -0.39 is 0 Å². The van der Waals surface area contributed by atoms with Crippen LogP contribution in [0.1, 0.15) is 44.6 Å². The smallest absolute Gasteiger partial charge is 0.227 e. The lowest BCUT2D eigenvalue weighted by Gasteiger charge is -2.24. The predicted molar refractivity (Wildman–Crippen MR) is 106 cm³/mol. The van der Waals surface area contributed by atoms with Crippen LogP contribution in [-0.4, -0.2) is 42.4 Å². The fraction of sp³-hybridized carbons (Fsp3) is 0.600. The van der Waals surface area contributed by atoms with Crippen molar-refractivity contribution in [3.8, 4) is 0 Å². The van der Waals surface area contributed by atoms with Crippen molar-refractivity contribution in [3.05, 3.63) is 29.8 Å². The summed E-state index contributed by atoms with van der Waals surface area (Å²) < 4.78 is 0. The van der Waals surface area contributed by atoms with Gasteiger partial charge in [-0.25, -0.2) is 4.99 Å². The topological polar surface area (TPSA) is 82.8 Å². The van der Waals surface area contributed by atoms with Crippen molar-refractivity contribution in [3.63, 3.8) is 0 Å². The Kier molecular flexibility index (Phi) is 6.50. The van der Waals surface area contributed by atoms with Crippen LogP contribution in [0.5, 0.6) is 0 Å². The molecular weight excluding hydrogens is 326 g/mol. The molecular formula is C20H31N5O. The number of rotatable bonds is 7. The van der Waals surface area contributed by atoms with Crippen molar-refractivity contribution < 1.29 is 4.79 Å². The van der Waals surface area contributed by atoms with E-state index in [0.29, 0.717) is 18.5 Å². The fourth-order valence-electron chi connectivity index (χ4n) is 3.66. The number of likely N-dealkylation sites (N-methyl/N-ethyl adjacent to an activating group) is 1. The number of nitrogens with two attached hydrogens (primary N) is 1. The van der Waals surface area contributed by atoms with Crippen LogP contribution in [0.3, 0.4) is 0 Å². The van der Waals surface area contributed by atoms with Gasteiger partial charge in [-0.3, -0.25) is 9.69 Å². The third-order valence-corrected chi connectivity index (χ3v) is 5.53. The maximum Gasteiger partial charge on any atom is 0.227 e. The summed E-state index contributed by atoms with van der Waals surface area (Å²) in [5.41, 5.74) is 7.90. The van der Waals surface area contributed by atoms with Crippen molar-refractivity contribution in [2.75, 3.05) is 25.0 Å². The van der Waals surface area contributed by atoms with E-state index in [2.05, 4.69) is 27.4 Å². The minimum atomic E-state index is 0.134. The first kappa shape index (κ1) is 18.7. The van der Waals surface area contributed by atoms with Crippen LogP contribution in [0.2, 0.25) is 0 Å². The van der Waals surface area contributed by atoms with E-state index in [1.54, 1.807) is 0 Å². The highest BCUT2D eigenvalue weighted by Crippen LogP contribution is 2.27. The molecule has 1 unspecified atom stereocenters. The molecule has 0 spiro atoms. The first-order chi connectivity index (χ1) is 12.7. The van der Waals surface area contributed by atoms with Crippen LogP contribution >= 0.6 is 0 Å². The highest BCUT2D eigenvalue weighted by Gasteiger charge is 2.25. The molecule has 6 heteroatoms. The number of guanidine groups is 1. The number of carbonyl (C=O) groups is 1. The molecule has 0 radical (unpaired) electrons. The quantitative estimate of drug-likeness (QED) is 0.517. The highest BCUT2D eigenvalue weighted by atomic mass is 16.1. The standard InChI is InChI=1S/C20H31N5O/c1-2-25-11-5-10-18(25)14-23-20(21)22-13-15-6-3-9-17(12-15)24-19(26)16-7-4-8-16/h3,6,9,12,16,18H,2,4-5,7-8,10-11,13-14H2,1H3,(H,24,26)(H3,21,22,23). The second-order valence-electron chi connectivity index (χ2n) is 7.32. The molecule has 6 nitrogen and oxygen atoms in total. The van der Waals surface area contributed by atoms with Gasteiger partial charge >= 0.3 is 0 Å². The monoisotopic (exact) mass is 357 g/mol. The molecule has 26 heavy (non-hydrogen) atoms. The van der Waals surface area contributed by atoms with E-state index in [9.17, 15) is 4.79 Å². The second kappa shape index (κ2) is 9.03. The Morgan fingerprint density at radius 3 is 2.88 bits per heavy atom. The van der Waals surface area contributed by atoms with Gasteiger partial charge in [0.2, 0.25) is 5.91 Å². The largest absolute Gasteiger partial charge is 0.370 e. The number of carbonyl (C=O) groups excluding carboxylic acids is 1. The summed E-state index contributed by atoms with van der Waals surface area (Å²) in [6.45, 7) is 5.82. The normalized spacial score (nSPS) is 21.4. The van der Waals surface area contributed by atoms with Gasteiger partial charge in [-0.2, -0.15) is 0 Å². The van der Waals surface area contributed by atoms with E-state index in [4.69, 9.17) is 5.73 Å². The minimum Gasteiger partial charge on any atom is -0.370 e.